The van der Waals surface area contributed by atoms with E-state index in [1.165, 1.54) is 6.26 Å². The number of carbonyl (C=O) groups is 1. The van der Waals surface area contributed by atoms with E-state index in [-0.39, 0.29) is 30.4 Å². The van der Waals surface area contributed by atoms with Crippen molar-refractivity contribution in [1.82, 2.24) is 14.7 Å². The van der Waals surface area contributed by atoms with Gasteiger partial charge < -0.3 is 13.7 Å². The average molecular weight is 319 g/mol. The molecular weight excluding hydrogens is 298 g/mol. The van der Waals surface area contributed by atoms with Gasteiger partial charge in [0.1, 0.15) is 12.3 Å². The standard InChI is InChI=1S/C16H21N3O4/c1-10-5-4-6-11(2)19(10)14(20)9-18-16(21)23-15(17-18)13-7-8-22-12(13)3/h7-8,10-11H,4-6,9H2,1-3H3/t10-,11-/m0/s1. The lowest BCUT2D eigenvalue weighted by Crippen LogP contribution is -2.49. The Kier molecular flexibility index (Phi) is 4.11. The number of rotatable bonds is 3. The molecule has 0 bridgehead atoms. The maximum absolute atomic E-state index is 12.6. The van der Waals surface area contributed by atoms with Crippen molar-refractivity contribution in [3.8, 4) is 11.5 Å². The highest BCUT2D eigenvalue weighted by atomic mass is 16.4. The van der Waals surface area contributed by atoms with Crippen molar-refractivity contribution in [2.45, 2.75) is 58.7 Å². The van der Waals surface area contributed by atoms with Gasteiger partial charge in [0.2, 0.25) is 5.91 Å². The smallest absolute Gasteiger partial charge is 0.437 e. The second-order valence-corrected chi connectivity index (χ2v) is 6.15. The maximum atomic E-state index is 12.6. The monoisotopic (exact) mass is 319 g/mol. The minimum Gasteiger partial charge on any atom is -0.469 e. The lowest BCUT2D eigenvalue weighted by Gasteiger charge is -2.38. The van der Waals surface area contributed by atoms with E-state index in [9.17, 15) is 9.59 Å². The Balaban J connectivity index is 1.80. The molecule has 0 aromatic carbocycles. The van der Waals surface area contributed by atoms with Crippen LogP contribution >= 0.6 is 0 Å². The van der Waals surface area contributed by atoms with Gasteiger partial charge in [-0.1, -0.05) is 0 Å². The summed E-state index contributed by atoms with van der Waals surface area (Å²) in [4.78, 5) is 26.4. The Morgan fingerprint density at radius 1 is 1.35 bits per heavy atom. The van der Waals surface area contributed by atoms with Gasteiger partial charge in [-0.25, -0.2) is 4.79 Å². The Bertz CT molecular complexity index is 747. The number of hydrogen-bond donors (Lipinski definition) is 0. The number of nitrogens with zero attached hydrogens (tertiary/aromatic N) is 3. The predicted octanol–water partition coefficient (Wildman–Crippen LogP) is 2.19. The maximum Gasteiger partial charge on any atom is 0.437 e. The van der Waals surface area contributed by atoms with Gasteiger partial charge >= 0.3 is 5.76 Å². The Morgan fingerprint density at radius 2 is 2.04 bits per heavy atom. The lowest BCUT2D eigenvalue weighted by atomic mass is 9.97. The van der Waals surface area contributed by atoms with E-state index in [1.807, 2.05) is 18.7 Å². The van der Waals surface area contributed by atoms with E-state index in [0.29, 0.717) is 11.3 Å². The normalized spacial score (nSPS) is 21.6. The molecule has 0 spiro atoms. The number of likely N-dealkylation sites (tertiary alicyclic amines) is 1. The molecule has 1 fully saturated rings. The predicted molar refractivity (Wildman–Crippen MR) is 82.8 cm³/mol. The van der Waals surface area contributed by atoms with Crippen LogP contribution in [0.1, 0.15) is 38.9 Å². The molecule has 3 heterocycles. The van der Waals surface area contributed by atoms with E-state index in [1.54, 1.807) is 13.0 Å². The van der Waals surface area contributed by atoms with Crippen LogP contribution in [0.25, 0.3) is 11.5 Å². The fourth-order valence-corrected chi connectivity index (χ4v) is 3.24. The number of furan rings is 1. The molecule has 1 amide bonds. The van der Waals surface area contributed by atoms with Crippen LogP contribution < -0.4 is 5.76 Å². The third-order valence-electron chi connectivity index (χ3n) is 4.46. The molecule has 3 rings (SSSR count). The van der Waals surface area contributed by atoms with Crippen LogP contribution in [0.5, 0.6) is 0 Å². The zero-order valence-corrected chi connectivity index (χ0v) is 13.6. The second-order valence-electron chi connectivity index (χ2n) is 6.15. The van der Waals surface area contributed by atoms with Crippen LogP contribution in [-0.2, 0) is 11.3 Å². The van der Waals surface area contributed by atoms with Crippen LogP contribution in [-0.4, -0.2) is 32.7 Å². The summed E-state index contributed by atoms with van der Waals surface area (Å²) in [6.45, 7) is 5.74. The first-order valence-electron chi connectivity index (χ1n) is 7.91. The SMILES string of the molecule is Cc1occc1-c1nn(CC(=O)N2[C@@H](C)CCC[C@@H]2C)c(=O)o1. The first-order chi connectivity index (χ1) is 11.0. The van der Waals surface area contributed by atoms with Crippen molar-refractivity contribution in [1.29, 1.82) is 0 Å². The van der Waals surface area contributed by atoms with Gasteiger partial charge in [0.05, 0.1) is 11.8 Å². The van der Waals surface area contributed by atoms with E-state index in [4.69, 9.17) is 8.83 Å². The van der Waals surface area contributed by atoms with Crippen LogP contribution in [0, 0.1) is 6.92 Å². The molecule has 0 radical (unpaired) electrons. The largest absolute Gasteiger partial charge is 0.469 e. The molecule has 0 unspecified atom stereocenters. The molecule has 2 aromatic heterocycles. The number of amides is 1. The van der Waals surface area contributed by atoms with Crippen LogP contribution in [0.15, 0.2) is 26.0 Å². The zero-order chi connectivity index (χ0) is 16.6. The number of carbonyl (C=O) groups excluding carboxylic acids is 1. The van der Waals surface area contributed by atoms with E-state index >= 15 is 0 Å². The Hall–Kier alpha value is -2.31. The molecular formula is C16H21N3O4. The summed E-state index contributed by atoms with van der Waals surface area (Å²) >= 11 is 0. The molecule has 7 nitrogen and oxygen atoms in total. The minimum absolute atomic E-state index is 0.101. The van der Waals surface area contributed by atoms with Crippen LogP contribution in [0.3, 0.4) is 0 Å². The quantitative estimate of drug-likeness (QED) is 0.866. The van der Waals surface area contributed by atoms with Crippen molar-refractivity contribution in [3.63, 3.8) is 0 Å². The molecule has 1 aliphatic heterocycles. The van der Waals surface area contributed by atoms with Gasteiger partial charge in [0.25, 0.3) is 5.89 Å². The third-order valence-corrected chi connectivity index (χ3v) is 4.46. The first-order valence-corrected chi connectivity index (χ1v) is 7.91. The summed E-state index contributed by atoms with van der Waals surface area (Å²) in [6, 6.07) is 2.05. The van der Waals surface area contributed by atoms with Gasteiger partial charge in [0, 0.05) is 12.1 Å². The molecule has 2 atom stereocenters. The fraction of sp³-hybridized carbons (Fsp3) is 0.562. The summed E-state index contributed by atoms with van der Waals surface area (Å²) in [5.74, 6) is 0.0543. The van der Waals surface area contributed by atoms with Gasteiger partial charge in [-0.15, -0.1) is 5.10 Å². The highest BCUT2D eigenvalue weighted by Gasteiger charge is 2.29. The molecule has 124 valence electrons. The minimum atomic E-state index is -0.633. The molecule has 1 saturated heterocycles. The van der Waals surface area contributed by atoms with Crippen molar-refractivity contribution < 1.29 is 13.6 Å². The summed E-state index contributed by atoms with van der Waals surface area (Å²) in [5, 5.41) is 4.13. The second kappa shape index (κ2) is 6.06. The molecule has 0 aliphatic carbocycles. The van der Waals surface area contributed by atoms with Crippen molar-refractivity contribution in [3.05, 3.63) is 28.6 Å². The Morgan fingerprint density at radius 3 is 2.65 bits per heavy atom. The van der Waals surface area contributed by atoms with Gasteiger partial charge in [-0.2, -0.15) is 4.68 Å². The molecule has 23 heavy (non-hydrogen) atoms. The number of piperidine rings is 1. The highest BCUT2D eigenvalue weighted by molar-refractivity contribution is 5.76. The van der Waals surface area contributed by atoms with E-state index in [2.05, 4.69) is 5.10 Å². The molecule has 0 saturated carbocycles. The number of aryl methyl sites for hydroxylation is 1. The van der Waals surface area contributed by atoms with E-state index in [0.717, 1.165) is 23.9 Å². The fourth-order valence-electron chi connectivity index (χ4n) is 3.24. The topological polar surface area (TPSA) is 81.5 Å². The van der Waals surface area contributed by atoms with Gasteiger partial charge in [-0.3, -0.25) is 4.79 Å². The lowest BCUT2D eigenvalue weighted by molar-refractivity contribution is -0.138. The summed E-state index contributed by atoms with van der Waals surface area (Å²) < 4.78 is 11.4. The molecule has 0 N–H and O–H groups in total. The number of hydrogen-bond acceptors (Lipinski definition) is 5. The van der Waals surface area contributed by atoms with Crippen LogP contribution in [0.4, 0.5) is 0 Å². The van der Waals surface area contributed by atoms with Crippen LogP contribution in [0.2, 0.25) is 0 Å². The summed E-state index contributed by atoms with van der Waals surface area (Å²) in [5.41, 5.74) is 0.619. The van der Waals surface area contributed by atoms with Gasteiger partial charge in [-0.05, 0) is 46.1 Å². The van der Waals surface area contributed by atoms with Crippen molar-refractivity contribution >= 4 is 5.91 Å². The Labute approximate surface area is 133 Å². The molecule has 2 aromatic rings. The zero-order valence-electron chi connectivity index (χ0n) is 13.6. The summed E-state index contributed by atoms with van der Waals surface area (Å²) in [6.07, 6.45) is 4.61. The first kappa shape index (κ1) is 15.6. The van der Waals surface area contributed by atoms with Gasteiger partial charge in [0.15, 0.2) is 0 Å². The molecule has 7 heteroatoms. The highest BCUT2D eigenvalue weighted by Crippen LogP contribution is 2.23. The van der Waals surface area contributed by atoms with E-state index < -0.39 is 5.76 Å². The third kappa shape index (κ3) is 2.95. The number of aromatic nitrogens is 2. The molecule has 1 aliphatic rings. The average Bonchev–Trinajstić information content (AvgIpc) is 3.05. The van der Waals surface area contributed by atoms with Crippen molar-refractivity contribution in [2.75, 3.05) is 0 Å². The van der Waals surface area contributed by atoms with Crippen molar-refractivity contribution in [2.24, 2.45) is 0 Å². The summed E-state index contributed by atoms with van der Waals surface area (Å²) in [7, 11) is 0.